The van der Waals surface area contributed by atoms with Gasteiger partial charge in [-0.3, -0.25) is 9.48 Å². The summed E-state index contributed by atoms with van der Waals surface area (Å²) in [6.07, 6.45) is 5.07. The maximum Gasteiger partial charge on any atom is 0.220 e. The first kappa shape index (κ1) is 12.7. The van der Waals surface area contributed by atoms with Crippen LogP contribution in [0, 0.1) is 5.92 Å². The highest BCUT2D eigenvalue weighted by atomic mass is 16.1. The largest absolute Gasteiger partial charge is 0.356 e. The predicted octanol–water partition coefficient (Wildman–Crippen LogP) is 0.374. The second kappa shape index (κ2) is 7.00. The standard InChI is InChI=1S/C11H20N4O/c1-10(9-12)8-11(16)13-4-2-6-15-7-3-5-14-15/h3,5,7,10H,2,4,6,8-9,12H2,1H3,(H,13,16). The number of nitrogens with zero attached hydrogens (tertiary/aromatic N) is 2. The molecule has 3 N–H and O–H groups in total. The van der Waals surface area contributed by atoms with Crippen LogP contribution in [0.3, 0.4) is 0 Å². The number of carbonyl (C=O) groups is 1. The highest BCUT2D eigenvalue weighted by molar-refractivity contribution is 5.76. The Morgan fingerprint density at radius 3 is 3.06 bits per heavy atom. The van der Waals surface area contributed by atoms with Crippen molar-refractivity contribution >= 4 is 5.91 Å². The monoisotopic (exact) mass is 224 g/mol. The van der Waals surface area contributed by atoms with Crippen LogP contribution >= 0.6 is 0 Å². The summed E-state index contributed by atoms with van der Waals surface area (Å²) in [5, 5.41) is 6.96. The fourth-order valence-electron chi connectivity index (χ4n) is 1.37. The normalized spacial score (nSPS) is 12.4. The zero-order valence-corrected chi connectivity index (χ0v) is 9.72. The van der Waals surface area contributed by atoms with Gasteiger partial charge in [0.2, 0.25) is 5.91 Å². The lowest BCUT2D eigenvalue weighted by Crippen LogP contribution is -2.28. The Hall–Kier alpha value is -1.36. The summed E-state index contributed by atoms with van der Waals surface area (Å²) < 4.78 is 1.86. The molecule has 90 valence electrons. The average Bonchev–Trinajstić information content (AvgIpc) is 2.77. The summed E-state index contributed by atoms with van der Waals surface area (Å²) in [4.78, 5) is 11.4. The van der Waals surface area contributed by atoms with Gasteiger partial charge in [-0.25, -0.2) is 0 Å². The Balaban J connectivity index is 2.04. The lowest BCUT2D eigenvalue weighted by atomic mass is 10.1. The van der Waals surface area contributed by atoms with Gasteiger partial charge in [0, 0.05) is 31.9 Å². The Labute approximate surface area is 96.0 Å². The molecule has 0 fully saturated rings. The molecule has 5 nitrogen and oxygen atoms in total. The zero-order chi connectivity index (χ0) is 11.8. The topological polar surface area (TPSA) is 72.9 Å². The Morgan fingerprint density at radius 2 is 2.44 bits per heavy atom. The van der Waals surface area contributed by atoms with E-state index in [0.717, 1.165) is 13.0 Å². The summed E-state index contributed by atoms with van der Waals surface area (Å²) in [5.74, 6) is 0.338. The fraction of sp³-hybridized carbons (Fsp3) is 0.636. The molecule has 1 rings (SSSR count). The van der Waals surface area contributed by atoms with Gasteiger partial charge in [0.05, 0.1) is 0 Å². The van der Waals surface area contributed by atoms with Crippen molar-refractivity contribution in [2.75, 3.05) is 13.1 Å². The van der Waals surface area contributed by atoms with Crippen molar-refractivity contribution in [2.24, 2.45) is 11.7 Å². The number of rotatable bonds is 7. The van der Waals surface area contributed by atoms with Crippen LogP contribution in [-0.2, 0) is 11.3 Å². The van der Waals surface area contributed by atoms with E-state index in [1.807, 2.05) is 23.9 Å². The van der Waals surface area contributed by atoms with Gasteiger partial charge in [0.15, 0.2) is 0 Å². The van der Waals surface area contributed by atoms with Gasteiger partial charge < -0.3 is 11.1 Å². The highest BCUT2D eigenvalue weighted by Gasteiger charge is 2.06. The third-order valence-corrected chi connectivity index (χ3v) is 2.38. The number of nitrogens with two attached hydrogens (primary N) is 1. The van der Waals surface area contributed by atoms with E-state index in [-0.39, 0.29) is 11.8 Å². The summed E-state index contributed by atoms with van der Waals surface area (Å²) in [7, 11) is 0. The van der Waals surface area contributed by atoms with Crippen molar-refractivity contribution in [3.05, 3.63) is 18.5 Å². The Kier molecular flexibility index (Phi) is 5.56. The maximum atomic E-state index is 11.4. The molecule has 0 bridgehead atoms. The molecule has 0 spiro atoms. The molecular weight excluding hydrogens is 204 g/mol. The molecule has 1 amide bonds. The van der Waals surface area contributed by atoms with Gasteiger partial charge in [-0.2, -0.15) is 5.10 Å². The van der Waals surface area contributed by atoms with Gasteiger partial charge in [0.25, 0.3) is 0 Å². The molecule has 0 aliphatic rings. The number of hydrogen-bond acceptors (Lipinski definition) is 3. The van der Waals surface area contributed by atoms with E-state index < -0.39 is 0 Å². The second-order valence-corrected chi connectivity index (χ2v) is 4.02. The predicted molar refractivity (Wildman–Crippen MR) is 62.7 cm³/mol. The molecule has 1 atom stereocenters. The van der Waals surface area contributed by atoms with Crippen LogP contribution < -0.4 is 11.1 Å². The SMILES string of the molecule is CC(CN)CC(=O)NCCCn1cccn1. The molecule has 1 unspecified atom stereocenters. The molecule has 0 aliphatic heterocycles. The van der Waals surface area contributed by atoms with E-state index in [0.29, 0.717) is 19.5 Å². The van der Waals surface area contributed by atoms with Crippen molar-refractivity contribution < 1.29 is 4.79 Å². The number of aromatic nitrogens is 2. The van der Waals surface area contributed by atoms with E-state index in [2.05, 4.69) is 10.4 Å². The van der Waals surface area contributed by atoms with E-state index in [9.17, 15) is 4.79 Å². The molecule has 1 aromatic rings. The quantitative estimate of drug-likeness (QED) is 0.657. The maximum absolute atomic E-state index is 11.4. The van der Waals surface area contributed by atoms with E-state index in [4.69, 9.17) is 5.73 Å². The van der Waals surface area contributed by atoms with Gasteiger partial charge in [-0.15, -0.1) is 0 Å². The van der Waals surface area contributed by atoms with Crippen LogP contribution in [0.2, 0.25) is 0 Å². The molecule has 16 heavy (non-hydrogen) atoms. The molecule has 1 aromatic heterocycles. The third-order valence-electron chi connectivity index (χ3n) is 2.38. The average molecular weight is 224 g/mol. The lowest BCUT2D eigenvalue weighted by molar-refractivity contribution is -0.121. The van der Waals surface area contributed by atoms with Crippen LogP contribution in [-0.4, -0.2) is 28.8 Å². The minimum atomic E-state index is 0.0819. The molecular formula is C11H20N4O. The molecule has 0 saturated heterocycles. The number of carbonyl (C=O) groups excluding carboxylic acids is 1. The van der Waals surface area contributed by atoms with Crippen LogP contribution in [0.15, 0.2) is 18.5 Å². The van der Waals surface area contributed by atoms with Crippen LogP contribution in [0.5, 0.6) is 0 Å². The van der Waals surface area contributed by atoms with Gasteiger partial charge in [0.1, 0.15) is 0 Å². The molecule has 1 heterocycles. The molecule has 5 heteroatoms. The number of aryl methyl sites for hydroxylation is 1. The van der Waals surface area contributed by atoms with Crippen molar-refractivity contribution in [3.63, 3.8) is 0 Å². The number of hydrogen-bond donors (Lipinski definition) is 2. The molecule has 0 aliphatic carbocycles. The third kappa shape index (κ3) is 4.93. The summed E-state index contributed by atoms with van der Waals surface area (Å²) in [6.45, 7) is 4.06. The molecule has 0 radical (unpaired) electrons. The van der Waals surface area contributed by atoms with Gasteiger partial charge in [-0.1, -0.05) is 6.92 Å². The van der Waals surface area contributed by atoms with Crippen LogP contribution in [0.25, 0.3) is 0 Å². The van der Waals surface area contributed by atoms with E-state index in [1.54, 1.807) is 6.20 Å². The van der Waals surface area contributed by atoms with Gasteiger partial charge >= 0.3 is 0 Å². The van der Waals surface area contributed by atoms with Crippen molar-refractivity contribution in [1.82, 2.24) is 15.1 Å². The molecule has 0 aromatic carbocycles. The summed E-state index contributed by atoms with van der Waals surface area (Å²) in [6, 6.07) is 1.89. The minimum absolute atomic E-state index is 0.0819. The number of amides is 1. The van der Waals surface area contributed by atoms with E-state index >= 15 is 0 Å². The van der Waals surface area contributed by atoms with Crippen molar-refractivity contribution in [1.29, 1.82) is 0 Å². The van der Waals surface area contributed by atoms with Gasteiger partial charge in [-0.05, 0) is 24.9 Å². The first-order valence-corrected chi connectivity index (χ1v) is 5.66. The molecule has 0 saturated carbocycles. The Morgan fingerprint density at radius 1 is 1.62 bits per heavy atom. The minimum Gasteiger partial charge on any atom is -0.356 e. The van der Waals surface area contributed by atoms with Crippen LogP contribution in [0.1, 0.15) is 19.8 Å². The zero-order valence-electron chi connectivity index (χ0n) is 9.72. The van der Waals surface area contributed by atoms with Crippen molar-refractivity contribution in [2.45, 2.75) is 26.3 Å². The van der Waals surface area contributed by atoms with Crippen molar-refractivity contribution in [3.8, 4) is 0 Å². The highest BCUT2D eigenvalue weighted by Crippen LogP contribution is 1.98. The summed E-state index contributed by atoms with van der Waals surface area (Å²) >= 11 is 0. The van der Waals surface area contributed by atoms with Crippen LogP contribution in [0.4, 0.5) is 0 Å². The van der Waals surface area contributed by atoms with E-state index in [1.165, 1.54) is 0 Å². The summed E-state index contributed by atoms with van der Waals surface area (Å²) in [5.41, 5.74) is 5.45. The smallest absolute Gasteiger partial charge is 0.220 e. The number of nitrogens with one attached hydrogen (secondary N) is 1. The first-order valence-electron chi connectivity index (χ1n) is 5.66. The first-order chi connectivity index (χ1) is 7.72. The lowest BCUT2D eigenvalue weighted by Gasteiger charge is -2.09. The Bertz CT molecular complexity index is 297. The second-order valence-electron chi connectivity index (χ2n) is 4.02. The fourth-order valence-corrected chi connectivity index (χ4v) is 1.37.